The molecular formula is C22H20Cl2N4Ni2O3. The molecule has 0 saturated heterocycles. The number of rotatable bonds is 6. The van der Waals surface area contributed by atoms with E-state index in [-0.39, 0.29) is 57.6 Å². The zero-order chi connectivity index (χ0) is 22.8. The molecule has 1 heterocycles. The first-order valence-electron chi connectivity index (χ1n) is 9.27. The van der Waals surface area contributed by atoms with Gasteiger partial charge in [0.2, 0.25) is 0 Å². The number of hydrogen-bond acceptors (Lipinski definition) is 6. The molecule has 3 aromatic rings. The summed E-state index contributed by atoms with van der Waals surface area (Å²) in [5.74, 6) is -0.430. The van der Waals surface area contributed by atoms with Gasteiger partial charge in [-0.05, 0) is 42.3 Å². The molecule has 7 nitrogen and oxygen atoms in total. The van der Waals surface area contributed by atoms with Crippen LogP contribution in [0, 0.1) is 13.8 Å². The molecule has 1 aromatic heterocycles. The van der Waals surface area contributed by atoms with Crippen molar-refractivity contribution in [3.63, 3.8) is 0 Å². The van der Waals surface area contributed by atoms with E-state index in [1.165, 1.54) is 48.8 Å². The van der Waals surface area contributed by atoms with Crippen LogP contribution in [0.2, 0.25) is 10.0 Å². The minimum absolute atomic E-state index is 0. The second-order valence-corrected chi connectivity index (χ2v) is 7.47. The molecule has 11 heteroatoms. The monoisotopic (exact) mass is 574 g/mol. The summed E-state index contributed by atoms with van der Waals surface area (Å²) in [5.41, 5.74) is 2.65. The maximum Gasteiger partial charge on any atom is 2.00 e. The fraction of sp³-hybridized carbons (Fsp3) is 0.227. The van der Waals surface area contributed by atoms with E-state index < -0.39 is 6.10 Å². The summed E-state index contributed by atoms with van der Waals surface area (Å²) in [5, 5.41) is 43.2. The van der Waals surface area contributed by atoms with Crippen molar-refractivity contribution >= 4 is 35.6 Å². The number of benzene rings is 2. The molecule has 0 bridgehead atoms. The molecule has 0 aliphatic carbocycles. The van der Waals surface area contributed by atoms with Gasteiger partial charge in [0.25, 0.3) is 0 Å². The van der Waals surface area contributed by atoms with E-state index in [1.807, 2.05) is 19.9 Å². The van der Waals surface area contributed by atoms with Crippen molar-refractivity contribution in [2.75, 3.05) is 13.1 Å². The van der Waals surface area contributed by atoms with Gasteiger partial charge in [0.15, 0.2) is 0 Å². The number of halogens is 2. The minimum atomic E-state index is -1.08. The Morgan fingerprint density at radius 2 is 1.33 bits per heavy atom. The van der Waals surface area contributed by atoms with E-state index in [0.29, 0.717) is 21.2 Å². The third-order valence-electron chi connectivity index (χ3n) is 3.81. The molecule has 0 atom stereocenters. The summed E-state index contributed by atoms with van der Waals surface area (Å²) in [6, 6.07) is 10.6. The van der Waals surface area contributed by atoms with Gasteiger partial charge in [-0.1, -0.05) is 65.9 Å². The van der Waals surface area contributed by atoms with Crippen molar-refractivity contribution in [2.24, 2.45) is 9.98 Å². The molecule has 180 valence electrons. The van der Waals surface area contributed by atoms with Crippen molar-refractivity contribution in [3.8, 4) is 11.5 Å². The summed E-state index contributed by atoms with van der Waals surface area (Å²) in [6.45, 7) is 3.78. The Labute approximate surface area is 222 Å². The van der Waals surface area contributed by atoms with Crippen LogP contribution in [-0.2, 0) is 33.0 Å². The summed E-state index contributed by atoms with van der Waals surface area (Å²) >= 11 is 11.6. The molecule has 0 spiro atoms. The molecule has 0 saturated carbocycles. The first-order chi connectivity index (χ1) is 14.7. The van der Waals surface area contributed by atoms with E-state index in [2.05, 4.69) is 20.2 Å². The standard InChI is InChI=1S/C17H15Cl2N2O3.C5H7N2.2Ni/c18-13-1-3-16(23)11(5-13)7-20-9-15(22)10-21-8-12-6-14(19)2-4-17(12)24;1-4-3-5(2)7-6-4;;/h1-8,15,23-24H,9-10H2;3H,1-2H3;;/q2*-1;2*+2/p-2. The van der Waals surface area contributed by atoms with Gasteiger partial charge in [0.1, 0.15) is 0 Å². The van der Waals surface area contributed by atoms with Gasteiger partial charge in [-0.2, -0.15) is 0 Å². The zero-order valence-electron chi connectivity index (χ0n) is 17.6. The smallest absolute Gasteiger partial charge is 0.872 e. The Kier molecular flexibility index (Phi) is 15.0. The van der Waals surface area contributed by atoms with Crippen LogP contribution in [0.3, 0.4) is 0 Å². The van der Waals surface area contributed by atoms with Crippen LogP contribution in [0.25, 0.3) is 0 Å². The van der Waals surface area contributed by atoms with Crippen LogP contribution >= 0.6 is 23.2 Å². The molecule has 0 N–H and O–H groups in total. The van der Waals surface area contributed by atoms with Crippen molar-refractivity contribution in [3.05, 3.63) is 75.0 Å². The van der Waals surface area contributed by atoms with Crippen molar-refractivity contribution < 1.29 is 48.3 Å². The molecule has 33 heavy (non-hydrogen) atoms. The van der Waals surface area contributed by atoms with E-state index in [4.69, 9.17) is 23.2 Å². The van der Waals surface area contributed by atoms with Gasteiger partial charge < -0.3 is 25.5 Å². The summed E-state index contributed by atoms with van der Waals surface area (Å²) < 4.78 is 0. The number of aliphatic imine (C=N–C) groups is 2. The molecule has 2 aromatic carbocycles. The summed E-state index contributed by atoms with van der Waals surface area (Å²) in [4.78, 5) is 7.90. The van der Waals surface area contributed by atoms with Gasteiger partial charge in [0, 0.05) is 41.3 Å². The van der Waals surface area contributed by atoms with Crippen LogP contribution in [0.15, 0.2) is 52.4 Å². The zero-order valence-corrected chi connectivity index (χ0v) is 21.1. The largest absolute Gasteiger partial charge is 2.00 e. The third-order valence-corrected chi connectivity index (χ3v) is 4.28. The predicted molar refractivity (Wildman–Crippen MR) is 118 cm³/mol. The Hall–Kier alpha value is -1.88. The van der Waals surface area contributed by atoms with E-state index in [0.717, 1.165) is 11.4 Å². The Morgan fingerprint density at radius 1 is 0.879 bits per heavy atom. The first-order valence-corrected chi connectivity index (χ1v) is 10.0. The fourth-order valence-electron chi connectivity index (χ4n) is 2.35. The Balaban J connectivity index is 0.000000975. The van der Waals surface area contributed by atoms with Gasteiger partial charge >= 0.3 is 33.0 Å². The van der Waals surface area contributed by atoms with Crippen LogP contribution in [0.1, 0.15) is 22.5 Å². The summed E-state index contributed by atoms with van der Waals surface area (Å²) in [7, 11) is 0. The second kappa shape index (κ2) is 15.9. The van der Waals surface area contributed by atoms with Gasteiger partial charge in [-0.3, -0.25) is 9.98 Å². The van der Waals surface area contributed by atoms with Crippen molar-refractivity contribution in [2.45, 2.75) is 20.0 Å². The molecular weight excluding hydrogens is 557 g/mol. The van der Waals surface area contributed by atoms with Gasteiger partial charge in [-0.25, -0.2) is 0 Å². The predicted octanol–water partition coefficient (Wildman–Crippen LogP) is 2.06. The third kappa shape index (κ3) is 11.7. The Morgan fingerprint density at radius 3 is 1.67 bits per heavy atom. The van der Waals surface area contributed by atoms with E-state index >= 15 is 0 Å². The van der Waals surface area contributed by atoms with Crippen molar-refractivity contribution in [1.29, 1.82) is 0 Å². The molecule has 3 rings (SSSR count). The normalized spacial score (nSPS) is 11.4. The minimum Gasteiger partial charge on any atom is -0.872 e. The SMILES string of the molecule is Cc1cc(C)[n-]n1.[Ni+2].[Ni+2].[O-]c1ccc(Cl)cc1C=NCC([O-])CN=Cc1cc(Cl)ccc1[O-]. The average Bonchev–Trinajstić information content (AvgIpc) is 3.10. The first kappa shape index (κ1) is 31.1. The summed E-state index contributed by atoms with van der Waals surface area (Å²) in [6.07, 6.45) is 1.58. The molecule has 0 amide bonds. The van der Waals surface area contributed by atoms with E-state index in [9.17, 15) is 15.3 Å². The molecule has 0 aliphatic rings. The topological polar surface area (TPSA) is 121 Å². The molecule has 0 fully saturated rings. The number of hydrogen-bond donors (Lipinski definition) is 0. The van der Waals surface area contributed by atoms with E-state index in [1.54, 1.807) is 0 Å². The molecule has 0 unspecified atom stereocenters. The van der Waals surface area contributed by atoms with Gasteiger partial charge in [0.05, 0.1) is 0 Å². The molecule has 0 aliphatic heterocycles. The average molecular weight is 577 g/mol. The Bertz CT molecular complexity index is 982. The molecule has 0 radical (unpaired) electrons. The van der Waals surface area contributed by atoms with Crippen molar-refractivity contribution in [1.82, 2.24) is 10.2 Å². The maximum atomic E-state index is 11.8. The van der Waals surface area contributed by atoms with Crippen LogP contribution in [0.5, 0.6) is 11.5 Å². The number of aromatic nitrogens is 2. The van der Waals surface area contributed by atoms with Crippen LogP contribution in [-0.4, -0.2) is 36.7 Å². The van der Waals surface area contributed by atoms with Gasteiger partial charge in [-0.15, -0.1) is 5.69 Å². The second-order valence-electron chi connectivity index (χ2n) is 6.60. The van der Waals surface area contributed by atoms with Crippen LogP contribution < -0.4 is 20.4 Å². The fourth-order valence-corrected chi connectivity index (χ4v) is 2.71. The number of nitrogens with zero attached hydrogens (tertiary/aromatic N) is 4. The van der Waals surface area contributed by atoms with Crippen LogP contribution in [0.4, 0.5) is 0 Å². The maximum absolute atomic E-state index is 11.8. The number of aryl methyl sites for hydroxylation is 2. The quantitative estimate of drug-likeness (QED) is 0.329.